The molecule has 7 heteroatoms. The number of aliphatic imine (C=N–C) groups is 1. The number of para-hydroxylation sites is 1. The maximum absolute atomic E-state index is 4.42. The van der Waals surface area contributed by atoms with Crippen molar-refractivity contribution in [1.82, 2.24) is 20.4 Å². The Morgan fingerprint density at radius 2 is 2.12 bits per heavy atom. The molecule has 1 aromatic carbocycles. The number of nitrogens with zero attached hydrogens (tertiary/aromatic N) is 3. The Morgan fingerprint density at radius 3 is 2.80 bits per heavy atom. The van der Waals surface area contributed by atoms with Gasteiger partial charge in [0.05, 0.1) is 11.9 Å². The molecule has 0 amide bonds. The van der Waals surface area contributed by atoms with Gasteiger partial charge in [-0.25, -0.2) is 4.68 Å². The Morgan fingerprint density at radius 1 is 1.32 bits per heavy atom. The molecule has 0 spiro atoms. The van der Waals surface area contributed by atoms with E-state index in [9.17, 15) is 0 Å². The standard InChI is InChI=1S/C18H25N5S.HI/c1-18(9-6-10-24-18)14-21-17(19-2)20-11-15-12-22-23(13-15)16-7-4-3-5-8-16;/h3-5,7-8,12-13H,6,9-11,14H2,1-2H3,(H2,19,20,21);1H. The molecule has 2 N–H and O–H groups in total. The Bertz CT molecular complexity index is 680. The van der Waals surface area contributed by atoms with Crippen LogP contribution in [0, 0.1) is 0 Å². The Kier molecular flexibility index (Phi) is 7.61. The lowest BCUT2D eigenvalue weighted by Gasteiger charge is -2.24. The average molecular weight is 471 g/mol. The molecule has 1 fully saturated rings. The van der Waals surface area contributed by atoms with Crippen LogP contribution in [0.5, 0.6) is 0 Å². The summed E-state index contributed by atoms with van der Waals surface area (Å²) in [6.45, 7) is 3.98. The monoisotopic (exact) mass is 471 g/mol. The zero-order chi connectivity index (χ0) is 16.8. The number of hydrogen-bond donors (Lipinski definition) is 2. The van der Waals surface area contributed by atoms with Crippen LogP contribution in [0.1, 0.15) is 25.3 Å². The van der Waals surface area contributed by atoms with E-state index in [1.807, 2.05) is 54.5 Å². The second-order valence-electron chi connectivity index (χ2n) is 6.31. The van der Waals surface area contributed by atoms with E-state index >= 15 is 0 Å². The zero-order valence-electron chi connectivity index (χ0n) is 14.7. The minimum atomic E-state index is 0. The summed E-state index contributed by atoms with van der Waals surface area (Å²) in [5.41, 5.74) is 2.20. The normalized spacial score (nSPS) is 20.2. The minimum absolute atomic E-state index is 0. The van der Waals surface area contributed by atoms with Crippen LogP contribution in [0.3, 0.4) is 0 Å². The lowest BCUT2D eigenvalue weighted by Crippen LogP contribution is -2.43. The van der Waals surface area contributed by atoms with Crippen molar-refractivity contribution in [2.24, 2.45) is 4.99 Å². The Hall–Kier alpha value is -1.22. The fraction of sp³-hybridized carbons (Fsp3) is 0.444. The molecule has 0 radical (unpaired) electrons. The molecule has 1 aromatic heterocycles. The fourth-order valence-corrected chi connectivity index (χ4v) is 4.07. The second-order valence-corrected chi connectivity index (χ2v) is 7.99. The molecule has 1 unspecified atom stereocenters. The highest BCUT2D eigenvalue weighted by Crippen LogP contribution is 2.36. The topological polar surface area (TPSA) is 54.2 Å². The van der Waals surface area contributed by atoms with Crippen LogP contribution in [0.4, 0.5) is 0 Å². The molecule has 136 valence electrons. The number of aromatic nitrogens is 2. The highest BCUT2D eigenvalue weighted by molar-refractivity contribution is 14.0. The summed E-state index contributed by atoms with van der Waals surface area (Å²) >= 11 is 2.05. The first-order valence-corrected chi connectivity index (χ1v) is 9.35. The number of nitrogens with one attached hydrogen (secondary N) is 2. The van der Waals surface area contributed by atoms with Gasteiger partial charge in [-0.1, -0.05) is 18.2 Å². The molecule has 2 heterocycles. The van der Waals surface area contributed by atoms with Gasteiger partial charge in [0.15, 0.2) is 5.96 Å². The maximum atomic E-state index is 4.42. The fourth-order valence-electron chi connectivity index (χ4n) is 2.83. The summed E-state index contributed by atoms with van der Waals surface area (Å²) in [6, 6.07) is 10.1. The van der Waals surface area contributed by atoms with Gasteiger partial charge in [0, 0.05) is 36.6 Å². The minimum Gasteiger partial charge on any atom is -0.355 e. The van der Waals surface area contributed by atoms with Crippen molar-refractivity contribution in [3.63, 3.8) is 0 Å². The summed E-state index contributed by atoms with van der Waals surface area (Å²) in [5, 5.41) is 11.2. The summed E-state index contributed by atoms with van der Waals surface area (Å²) in [5.74, 6) is 2.11. The third-order valence-electron chi connectivity index (χ3n) is 4.27. The lowest BCUT2D eigenvalue weighted by molar-refractivity contribution is 0.584. The summed E-state index contributed by atoms with van der Waals surface area (Å²) in [6.07, 6.45) is 6.52. The van der Waals surface area contributed by atoms with E-state index in [0.717, 1.165) is 23.8 Å². The molecule has 1 aliphatic heterocycles. The summed E-state index contributed by atoms with van der Waals surface area (Å²) < 4.78 is 2.22. The van der Waals surface area contributed by atoms with Gasteiger partial charge in [0.2, 0.25) is 0 Å². The van der Waals surface area contributed by atoms with Gasteiger partial charge < -0.3 is 10.6 Å². The van der Waals surface area contributed by atoms with Crippen molar-refractivity contribution in [3.8, 4) is 5.69 Å². The number of halogens is 1. The molecule has 25 heavy (non-hydrogen) atoms. The van der Waals surface area contributed by atoms with Crippen LogP contribution in [0.15, 0.2) is 47.7 Å². The Balaban J connectivity index is 0.00000225. The number of thioether (sulfide) groups is 1. The van der Waals surface area contributed by atoms with Crippen molar-refractivity contribution in [2.45, 2.75) is 31.1 Å². The van der Waals surface area contributed by atoms with Crippen molar-refractivity contribution < 1.29 is 0 Å². The van der Waals surface area contributed by atoms with Gasteiger partial charge in [-0.2, -0.15) is 16.9 Å². The van der Waals surface area contributed by atoms with E-state index in [1.54, 1.807) is 0 Å². The van der Waals surface area contributed by atoms with Crippen LogP contribution in [-0.2, 0) is 6.54 Å². The van der Waals surface area contributed by atoms with E-state index in [0.29, 0.717) is 11.3 Å². The van der Waals surface area contributed by atoms with Crippen LogP contribution in [-0.4, -0.2) is 39.8 Å². The number of rotatable bonds is 5. The van der Waals surface area contributed by atoms with E-state index in [-0.39, 0.29) is 24.0 Å². The summed E-state index contributed by atoms with van der Waals surface area (Å²) in [7, 11) is 1.81. The smallest absolute Gasteiger partial charge is 0.191 e. The molecule has 2 aromatic rings. The van der Waals surface area contributed by atoms with Gasteiger partial charge in [-0.05, 0) is 37.7 Å². The number of guanidine groups is 1. The van der Waals surface area contributed by atoms with Gasteiger partial charge in [-0.15, -0.1) is 24.0 Å². The lowest BCUT2D eigenvalue weighted by atomic mass is 10.1. The zero-order valence-corrected chi connectivity index (χ0v) is 17.9. The van der Waals surface area contributed by atoms with Crippen molar-refractivity contribution in [2.75, 3.05) is 19.3 Å². The van der Waals surface area contributed by atoms with Crippen LogP contribution >= 0.6 is 35.7 Å². The molecule has 1 aliphatic rings. The molecular formula is C18H26IN5S. The van der Waals surface area contributed by atoms with Crippen LogP contribution in [0.2, 0.25) is 0 Å². The molecule has 1 atom stereocenters. The highest BCUT2D eigenvalue weighted by Gasteiger charge is 2.29. The van der Waals surface area contributed by atoms with Gasteiger partial charge >= 0.3 is 0 Å². The molecule has 0 aliphatic carbocycles. The SMILES string of the molecule is CN=C(NCc1cnn(-c2ccccc2)c1)NCC1(C)CCCS1.I. The van der Waals surface area contributed by atoms with Crippen LogP contribution < -0.4 is 10.6 Å². The molecule has 5 nitrogen and oxygen atoms in total. The van der Waals surface area contributed by atoms with Crippen molar-refractivity contribution in [1.29, 1.82) is 0 Å². The van der Waals surface area contributed by atoms with Crippen LogP contribution in [0.25, 0.3) is 5.69 Å². The predicted molar refractivity (Wildman–Crippen MR) is 117 cm³/mol. The first-order chi connectivity index (χ1) is 11.7. The van der Waals surface area contributed by atoms with Gasteiger partial charge in [0.1, 0.15) is 0 Å². The molecule has 0 saturated carbocycles. The summed E-state index contributed by atoms with van der Waals surface area (Å²) in [4.78, 5) is 4.32. The first-order valence-electron chi connectivity index (χ1n) is 8.36. The van der Waals surface area contributed by atoms with E-state index in [4.69, 9.17) is 0 Å². The second kappa shape index (κ2) is 9.47. The Labute approximate surface area is 171 Å². The van der Waals surface area contributed by atoms with E-state index in [1.165, 1.54) is 18.6 Å². The van der Waals surface area contributed by atoms with Crippen molar-refractivity contribution >= 4 is 41.7 Å². The highest BCUT2D eigenvalue weighted by atomic mass is 127. The van der Waals surface area contributed by atoms with Gasteiger partial charge in [0.25, 0.3) is 0 Å². The van der Waals surface area contributed by atoms with E-state index in [2.05, 4.69) is 39.4 Å². The average Bonchev–Trinajstić information content (AvgIpc) is 3.26. The van der Waals surface area contributed by atoms with Gasteiger partial charge in [-0.3, -0.25) is 4.99 Å². The largest absolute Gasteiger partial charge is 0.355 e. The third kappa shape index (κ3) is 5.64. The number of benzene rings is 1. The quantitative estimate of drug-likeness (QED) is 0.399. The van der Waals surface area contributed by atoms with E-state index < -0.39 is 0 Å². The molecule has 1 saturated heterocycles. The maximum Gasteiger partial charge on any atom is 0.191 e. The molecular weight excluding hydrogens is 445 g/mol. The third-order valence-corrected chi connectivity index (χ3v) is 5.81. The first kappa shape index (κ1) is 20.1. The number of hydrogen-bond acceptors (Lipinski definition) is 3. The van der Waals surface area contributed by atoms with Crippen molar-refractivity contribution in [3.05, 3.63) is 48.3 Å². The predicted octanol–water partition coefficient (Wildman–Crippen LogP) is 3.44. The molecule has 3 rings (SSSR count). The molecule has 0 bridgehead atoms.